The van der Waals surface area contributed by atoms with E-state index in [0.717, 1.165) is 46.3 Å². The van der Waals surface area contributed by atoms with E-state index in [1.807, 2.05) is 54.4 Å². The molecular formula is C35H33ClN2O3S2. The third kappa shape index (κ3) is 6.74. The number of pyridine rings is 1. The molecule has 0 fully saturated rings. The predicted octanol–water partition coefficient (Wildman–Crippen LogP) is 8.82. The zero-order valence-electron chi connectivity index (χ0n) is 24.2. The van der Waals surface area contributed by atoms with Crippen molar-refractivity contribution >= 4 is 52.0 Å². The van der Waals surface area contributed by atoms with Crippen molar-refractivity contribution < 1.29 is 14.3 Å². The molecule has 0 aliphatic carbocycles. The molecule has 2 aromatic heterocycles. The Morgan fingerprint density at radius 1 is 1.05 bits per heavy atom. The van der Waals surface area contributed by atoms with Crippen molar-refractivity contribution in [1.29, 1.82) is 0 Å². The van der Waals surface area contributed by atoms with E-state index in [1.165, 1.54) is 39.7 Å². The van der Waals surface area contributed by atoms with Crippen LogP contribution < -0.4 is 4.74 Å². The highest BCUT2D eigenvalue weighted by Gasteiger charge is 2.29. The summed E-state index contributed by atoms with van der Waals surface area (Å²) in [7, 11) is 1.44. The molecule has 8 heteroatoms. The van der Waals surface area contributed by atoms with Crippen LogP contribution in [0.1, 0.15) is 35.9 Å². The van der Waals surface area contributed by atoms with Gasteiger partial charge in [-0.2, -0.15) is 11.8 Å². The maximum Gasteiger partial charge on any atom is 0.306 e. The van der Waals surface area contributed by atoms with Crippen LogP contribution in [0.3, 0.4) is 0 Å². The van der Waals surface area contributed by atoms with Gasteiger partial charge in [-0.05, 0) is 47.9 Å². The van der Waals surface area contributed by atoms with E-state index in [-0.39, 0.29) is 5.97 Å². The average molecular weight is 629 g/mol. The molecule has 0 spiro atoms. The minimum atomic E-state index is -0.174. The van der Waals surface area contributed by atoms with Crippen LogP contribution in [-0.2, 0) is 34.9 Å². The molecule has 43 heavy (non-hydrogen) atoms. The Kier molecular flexibility index (Phi) is 9.31. The fourth-order valence-electron chi connectivity index (χ4n) is 5.49. The van der Waals surface area contributed by atoms with Gasteiger partial charge in [-0.25, -0.2) is 0 Å². The van der Waals surface area contributed by atoms with Gasteiger partial charge in [-0.3, -0.25) is 9.78 Å². The lowest BCUT2D eigenvalue weighted by molar-refractivity contribution is -0.140. The van der Waals surface area contributed by atoms with Crippen LogP contribution in [0.5, 0.6) is 5.75 Å². The van der Waals surface area contributed by atoms with Crippen molar-refractivity contribution in [1.82, 2.24) is 9.55 Å². The molecule has 1 unspecified atom stereocenters. The van der Waals surface area contributed by atoms with Gasteiger partial charge < -0.3 is 14.0 Å². The van der Waals surface area contributed by atoms with Crippen LogP contribution in [0.2, 0.25) is 5.02 Å². The molecule has 3 aromatic carbocycles. The molecule has 0 bridgehead atoms. The van der Waals surface area contributed by atoms with Crippen molar-refractivity contribution in [2.75, 3.05) is 12.9 Å². The van der Waals surface area contributed by atoms with E-state index in [4.69, 9.17) is 21.1 Å². The molecule has 5 nitrogen and oxygen atoms in total. The zero-order valence-corrected chi connectivity index (χ0v) is 26.6. The summed E-state index contributed by atoms with van der Waals surface area (Å²) in [4.78, 5) is 17.7. The first-order chi connectivity index (χ1) is 21.0. The molecule has 6 rings (SSSR count). The molecule has 0 N–H and O–H groups in total. The summed E-state index contributed by atoms with van der Waals surface area (Å²) >= 11 is 9.90. The zero-order chi connectivity index (χ0) is 29.8. The number of esters is 1. The van der Waals surface area contributed by atoms with Crippen LogP contribution in [0.15, 0.2) is 90.0 Å². The first kappa shape index (κ1) is 29.7. The summed E-state index contributed by atoms with van der Waals surface area (Å²) in [6, 6.07) is 26.8. The van der Waals surface area contributed by atoms with Crippen LogP contribution >= 0.6 is 35.1 Å². The minimum Gasteiger partial charge on any atom is -0.487 e. The summed E-state index contributed by atoms with van der Waals surface area (Å²) in [6.45, 7) is 3.43. The number of benzene rings is 3. The predicted molar refractivity (Wildman–Crippen MR) is 178 cm³/mol. The molecule has 220 valence electrons. The lowest BCUT2D eigenvalue weighted by atomic mass is 10.0. The van der Waals surface area contributed by atoms with E-state index < -0.39 is 0 Å². The van der Waals surface area contributed by atoms with E-state index in [0.29, 0.717) is 24.0 Å². The van der Waals surface area contributed by atoms with Crippen LogP contribution in [0.25, 0.3) is 22.0 Å². The van der Waals surface area contributed by atoms with E-state index in [1.54, 1.807) is 11.8 Å². The number of hydrogen-bond acceptors (Lipinski definition) is 6. The topological polar surface area (TPSA) is 53.4 Å². The highest BCUT2D eigenvalue weighted by atomic mass is 35.5. The van der Waals surface area contributed by atoms with Crippen LogP contribution in [0.4, 0.5) is 0 Å². The molecule has 1 aliphatic rings. The molecular weight excluding hydrogens is 596 g/mol. The molecule has 1 atom stereocenters. The maximum absolute atomic E-state index is 11.7. The Balaban J connectivity index is 1.31. The first-order valence-electron chi connectivity index (χ1n) is 14.4. The van der Waals surface area contributed by atoms with E-state index in [2.05, 4.69) is 58.9 Å². The summed E-state index contributed by atoms with van der Waals surface area (Å²) in [5.74, 6) is 2.27. The summed E-state index contributed by atoms with van der Waals surface area (Å²) in [6.07, 6.45) is 3.25. The Morgan fingerprint density at radius 2 is 1.86 bits per heavy atom. The van der Waals surface area contributed by atoms with Gasteiger partial charge in [0, 0.05) is 61.6 Å². The molecule has 1 aliphatic heterocycles. The number of rotatable bonds is 11. The second-order valence-corrected chi connectivity index (χ2v) is 13.6. The molecule has 5 aromatic rings. The standard InChI is InChI=1S/C35H33ClN2O3S2/c1-23-18-29-32(41-21-28-13-10-26(19-37-28)25-6-4-3-5-7-25)15-14-30-34(29)35(43-23)31(22-42-17-16-33(39)40-2)38(30)20-24-8-11-27(36)12-9-24/h3-15,19,23H,16-18,20-22H2,1-2H3. The molecule has 0 amide bonds. The number of carbonyl (C=O) groups is 1. The third-order valence-corrected chi connectivity index (χ3v) is 10.1. The molecule has 0 saturated carbocycles. The number of thioether (sulfide) groups is 2. The van der Waals surface area contributed by atoms with Gasteiger partial charge in [0.1, 0.15) is 12.4 Å². The van der Waals surface area contributed by atoms with Gasteiger partial charge >= 0.3 is 5.97 Å². The Bertz CT molecular complexity index is 1720. The number of aromatic nitrogens is 2. The number of nitrogens with zero attached hydrogens (tertiary/aromatic N) is 2. The Hall–Kier alpha value is -3.39. The molecule has 0 saturated heterocycles. The molecule has 3 heterocycles. The molecule has 0 radical (unpaired) electrons. The smallest absolute Gasteiger partial charge is 0.306 e. The van der Waals surface area contributed by atoms with Gasteiger partial charge in [0.25, 0.3) is 0 Å². The van der Waals surface area contributed by atoms with Gasteiger partial charge in [0.05, 0.1) is 24.7 Å². The summed E-state index contributed by atoms with van der Waals surface area (Å²) < 4.78 is 13.8. The lowest BCUT2D eigenvalue weighted by Crippen LogP contribution is -2.10. The fourth-order valence-corrected chi connectivity index (χ4v) is 7.97. The number of hydrogen-bond donors (Lipinski definition) is 0. The highest BCUT2D eigenvalue weighted by Crippen LogP contribution is 2.47. The van der Waals surface area contributed by atoms with Crippen molar-refractivity contribution in [3.63, 3.8) is 0 Å². The third-order valence-electron chi connectivity index (χ3n) is 7.64. The van der Waals surface area contributed by atoms with Gasteiger partial charge in [-0.1, -0.05) is 67.1 Å². The van der Waals surface area contributed by atoms with Crippen molar-refractivity contribution in [3.05, 3.63) is 113 Å². The lowest BCUT2D eigenvalue weighted by Gasteiger charge is -2.22. The summed E-state index contributed by atoms with van der Waals surface area (Å²) in [5, 5.41) is 2.43. The monoisotopic (exact) mass is 628 g/mol. The fraction of sp³-hybridized carbons (Fsp3) is 0.257. The number of carbonyl (C=O) groups excluding carboxylic acids is 1. The second-order valence-electron chi connectivity index (χ2n) is 10.6. The largest absolute Gasteiger partial charge is 0.487 e. The second kappa shape index (κ2) is 13.5. The normalized spacial score (nSPS) is 14.2. The maximum atomic E-state index is 11.7. The van der Waals surface area contributed by atoms with E-state index >= 15 is 0 Å². The van der Waals surface area contributed by atoms with Gasteiger partial charge in [0.15, 0.2) is 0 Å². The SMILES string of the molecule is COC(=O)CCSCc1c2c3c(c(OCc4ccc(-c5ccccc5)cn4)ccc3n1Cc1ccc(Cl)cc1)CC(C)S2. The van der Waals surface area contributed by atoms with Crippen molar-refractivity contribution in [2.45, 2.75) is 48.8 Å². The van der Waals surface area contributed by atoms with Gasteiger partial charge in [-0.15, -0.1) is 11.8 Å². The van der Waals surface area contributed by atoms with Crippen molar-refractivity contribution in [3.8, 4) is 16.9 Å². The Labute approximate surface area is 266 Å². The number of halogens is 1. The average Bonchev–Trinajstić information content (AvgIpc) is 3.32. The first-order valence-corrected chi connectivity index (χ1v) is 16.8. The highest BCUT2D eigenvalue weighted by molar-refractivity contribution is 8.00. The van der Waals surface area contributed by atoms with E-state index in [9.17, 15) is 4.79 Å². The van der Waals surface area contributed by atoms with Crippen LogP contribution in [0, 0.1) is 0 Å². The quantitative estimate of drug-likeness (QED) is 0.108. The minimum absolute atomic E-state index is 0.174. The van der Waals surface area contributed by atoms with Crippen LogP contribution in [-0.4, -0.2) is 33.6 Å². The Morgan fingerprint density at radius 3 is 2.60 bits per heavy atom. The number of methoxy groups -OCH3 is 1. The number of ether oxygens (including phenoxy) is 2. The van der Waals surface area contributed by atoms with Gasteiger partial charge in [0.2, 0.25) is 0 Å². The summed E-state index contributed by atoms with van der Waals surface area (Å²) in [5.41, 5.74) is 8.09. The van der Waals surface area contributed by atoms with Crippen molar-refractivity contribution in [2.24, 2.45) is 0 Å².